The third kappa shape index (κ3) is 3.79. The number of carbonyl (C=O) groups is 2. The molecule has 0 N–H and O–H groups in total. The molecule has 2 fully saturated rings. The van der Waals surface area contributed by atoms with Crippen molar-refractivity contribution in [2.45, 2.75) is 45.1 Å². The minimum absolute atomic E-state index is 0.0726. The van der Waals surface area contributed by atoms with Gasteiger partial charge in [0.05, 0.1) is 0 Å². The molecule has 1 saturated heterocycles. The molecule has 2 amide bonds. The monoisotopic (exact) mass is 382 g/mol. The molecule has 2 aliphatic rings. The average Bonchev–Trinajstić information content (AvgIpc) is 3.35. The Hall–Kier alpha value is -2.70. The van der Waals surface area contributed by atoms with Crippen LogP contribution in [0.25, 0.3) is 0 Å². The lowest BCUT2D eigenvalue weighted by atomic mass is 10.1. The first-order valence-corrected chi connectivity index (χ1v) is 10.1. The highest BCUT2D eigenvalue weighted by molar-refractivity contribution is 5.94. The maximum Gasteiger partial charge on any atom is 0.254 e. The van der Waals surface area contributed by atoms with Crippen molar-refractivity contribution >= 4 is 11.8 Å². The van der Waals surface area contributed by atoms with E-state index in [0.29, 0.717) is 43.3 Å². The van der Waals surface area contributed by atoms with Crippen LogP contribution in [0.1, 0.15) is 60.2 Å². The van der Waals surface area contributed by atoms with Crippen LogP contribution in [-0.4, -0.2) is 51.4 Å². The fourth-order valence-corrected chi connectivity index (χ4v) is 4.28. The molecule has 2 aromatic rings. The summed E-state index contributed by atoms with van der Waals surface area (Å²) < 4.78 is 5.41. The maximum atomic E-state index is 13.2. The van der Waals surface area contributed by atoms with Gasteiger partial charge in [0.15, 0.2) is 5.82 Å². The second-order valence-corrected chi connectivity index (χ2v) is 7.66. The molecule has 1 aliphatic carbocycles. The molecule has 1 aromatic carbocycles. The largest absolute Gasteiger partial charge is 0.341 e. The predicted molar refractivity (Wildman–Crippen MR) is 102 cm³/mol. The molecule has 1 saturated carbocycles. The Bertz CT molecular complexity index is 829. The molecule has 7 nitrogen and oxygen atoms in total. The molecule has 1 aliphatic heterocycles. The van der Waals surface area contributed by atoms with Gasteiger partial charge in [-0.3, -0.25) is 9.59 Å². The maximum absolute atomic E-state index is 13.2. The number of aryl methyl sites for hydroxylation is 1. The Morgan fingerprint density at radius 1 is 1.04 bits per heavy atom. The third-order valence-electron chi connectivity index (χ3n) is 5.79. The number of aromatic nitrogens is 2. The van der Waals surface area contributed by atoms with Crippen molar-refractivity contribution in [3.63, 3.8) is 0 Å². The van der Waals surface area contributed by atoms with Gasteiger partial charge in [0, 0.05) is 31.1 Å². The zero-order valence-electron chi connectivity index (χ0n) is 16.2. The molecule has 2 heterocycles. The van der Waals surface area contributed by atoms with Gasteiger partial charge in [0.1, 0.15) is 6.04 Å². The Morgan fingerprint density at radius 2 is 1.79 bits per heavy atom. The topological polar surface area (TPSA) is 79.5 Å². The van der Waals surface area contributed by atoms with Gasteiger partial charge in [-0.2, -0.15) is 4.98 Å². The standard InChI is InChI=1S/C21H26N4O3/c1-15-22-19(28-23-15)18-11-12-24(20(26)16-9-5-6-10-16)13-14-25(18)21(27)17-7-3-2-4-8-17/h2-4,7-8,16,18H,5-6,9-14H2,1H3. The minimum atomic E-state index is -0.324. The van der Waals surface area contributed by atoms with E-state index in [-0.39, 0.29) is 23.8 Å². The molecule has 1 atom stereocenters. The van der Waals surface area contributed by atoms with Crippen LogP contribution in [0.5, 0.6) is 0 Å². The lowest BCUT2D eigenvalue weighted by molar-refractivity contribution is -0.135. The van der Waals surface area contributed by atoms with E-state index in [0.717, 1.165) is 25.7 Å². The van der Waals surface area contributed by atoms with Gasteiger partial charge in [0.25, 0.3) is 5.91 Å². The number of hydrogen-bond acceptors (Lipinski definition) is 5. The van der Waals surface area contributed by atoms with Crippen LogP contribution in [0.3, 0.4) is 0 Å². The van der Waals surface area contributed by atoms with Crippen LogP contribution < -0.4 is 0 Å². The Balaban J connectivity index is 1.58. The number of carbonyl (C=O) groups excluding carboxylic acids is 2. The summed E-state index contributed by atoms with van der Waals surface area (Å²) in [5.74, 6) is 1.28. The summed E-state index contributed by atoms with van der Waals surface area (Å²) in [4.78, 5) is 34.2. The highest BCUT2D eigenvalue weighted by Gasteiger charge is 2.36. The van der Waals surface area contributed by atoms with E-state index >= 15 is 0 Å². The van der Waals surface area contributed by atoms with Gasteiger partial charge < -0.3 is 14.3 Å². The van der Waals surface area contributed by atoms with E-state index in [1.54, 1.807) is 11.8 Å². The molecule has 1 unspecified atom stereocenters. The zero-order chi connectivity index (χ0) is 19.5. The van der Waals surface area contributed by atoms with Gasteiger partial charge >= 0.3 is 0 Å². The third-order valence-corrected chi connectivity index (χ3v) is 5.79. The SMILES string of the molecule is Cc1noc(C2CCN(C(=O)C3CCCC3)CCN2C(=O)c2ccccc2)n1. The first kappa shape index (κ1) is 18.7. The highest BCUT2D eigenvalue weighted by Crippen LogP contribution is 2.30. The van der Waals surface area contributed by atoms with Crippen molar-refractivity contribution in [2.24, 2.45) is 5.92 Å². The Labute approximate surface area is 164 Å². The van der Waals surface area contributed by atoms with Crippen molar-refractivity contribution in [2.75, 3.05) is 19.6 Å². The van der Waals surface area contributed by atoms with Crippen LogP contribution in [0.4, 0.5) is 0 Å². The number of rotatable bonds is 3. The number of nitrogens with zero attached hydrogens (tertiary/aromatic N) is 4. The van der Waals surface area contributed by atoms with Crippen molar-refractivity contribution in [1.82, 2.24) is 19.9 Å². The summed E-state index contributed by atoms with van der Waals surface area (Å²) in [7, 11) is 0. The summed E-state index contributed by atoms with van der Waals surface area (Å²) in [5.41, 5.74) is 0.624. The fourth-order valence-electron chi connectivity index (χ4n) is 4.28. The summed E-state index contributed by atoms with van der Waals surface area (Å²) in [6.45, 7) is 3.36. The average molecular weight is 382 g/mol. The summed E-state index contributed by atoms with van der Waals surface area (Å²) in [6.07, 6.45) is 4.82. The van der Waals surface area contributed by atoms with E-state index in [4.69, 9.17) is 4.52 Å². The van der Waals surface area contributed by atoms with Crippen LogP contribution in [0.15, 0.2) is 34.9 Å². The molecule has 148 valence electrons. The van der Waals surface area contributed by atoms with Crippen LogP contribution >= 0.6 is 0 Å². The van der Waals surface area contributed by atoms with E-state index < -0.39 is 0 Å². The van der Waals surface area contributed by atoms with Gasteiger partial charge in [-0.1, -0.05) is 36.2 Å². The van der Waals surface area contributed by atoms with E-state index in [2.05, 4.69) is 10.1 Å². The second-order valence-electron chi connectivity index (χ2n) is 7.66. The highest BCUT2D eigenvalue weighted by atomic mass is 16.5. The predicted octanol–water partition coefficient (Wildman–Crippen LogP) is 2.98. The van der Waals surface area contributed by atoms with E-state index in [1.807, 2.05) is 35.2 Å². The summed E-state index contributed by atoms with van der Waals surface area (Å²) in [5, 5.41) is 3.90. The number of hydrogen-bond donors (Lipinski definition) is 0. The second kappa shape index (κ2) is 8.12. The molecule has 0 bridgehead atoms. The van der Waals surface area contributed by atoms with E-state index in [9.17, 15) is 9.59 Å². The molecule has 7 heteroatoms. The van der Waals surface area contributed by atoms with Gasteiger partial charge in [-0.05, 0) is 38.3 Å². The van der Waals surface area contributed by atoms with Crippen molar-refractivity contribution in [1.29, 1.82) is 0 Å². The number of benzene rings is 1. The van der Waals surface area contributed by atoms with Gasteiger partial charge in [-0.15, -0.1) is 0 Å². The molecule has 4 rings (SSSR count). The molecule has 0 radical (unpaired) electrons. The Morgan fingerprint density at radius 3 is 2.46 bits per heavy atom. The minimum Gasteiger partial charge on any atom is -0.341 e. The van der Waals surface area contributed by atoms with Crippen molar-refractivity contribution in [3.8, 4) is 0 Å². The number of amides is 2. The lowest BCUT2D eigenvalue weighted by Gasteiger charge is -2.27. The van der Waals surface area contributed by atoms with Crippen LogP contribution in [0.2, 0.25) is 0 Å². The quantitative estimate of drug-likeness (QED) is 0.815. The molecule has 0 spiro atoms. The first-order valence-electron chi connectivity index (χ1n) is 10.1. The zero-order valence-corrected chi connectivity index (χ0v) is 16.2. The molecule has 28 heavy (non-hydrogen) atoms. The molecular weight excluding hydrogens is 356 g/mol. The van der Waals surface area contributed by atoms with E-state index in [1.165, 1.54) is 0 Å². The van der Waals surface area contributed by atoms with Gasteiger partial charge in [0.2, 0.25) is 11.8 Å². The Kier molecular flexibility index (Phi) is 5.41. The first-order chi connectivity index (χ1) is 13.6. The van der Waals surface area contributed by atoms with Crippen LogP contribution in [0, 0.1) is 12.8 Å². The smallest absolute Gasteiger partial charge is 0.254 e. The summed E-state index contributed by atoms with van der Waals surface area (Å²) >= 11 is 0. The molecule has 1 aromatic heterocycles. The van der Waals surface area contributed by atoms with Crippen molar-refractivity contribution in [3.05, 3.63) is 47.6 Å². The van der Waals surface area contributed by atoms with Crippen LogP contribution in [-0.2, 0) is 4.79 Å². The fraction of sp³-hybridized carbons (Fsp3) is 0.524. The summed E-state index contributed by atoms with van der Waals surface area (Å²) in [6, 6.07) is 8.89. The van der Waals surface area contributed by atoms with Gasteiger partial charge in [-0.25, -0.2) is 0 Å². The normalized spacial score (nSPS) is 21.0. The molecular formula is C21H26N4O3. The van der Waals surface area contributed by atoms with Crippen molar-refractivity contribution < 1.29 is 14.1 Å². The lowest BCUT2D eigenvalue weighted by Crippen LogP contribution is -2.40.